The molecule has 16 heavy (non-hydrogen) atoms. The molecule has 1 rings (SSSR count). The van der Waals surface area contributed by atoms with Crippen molar-refractivity contribution in [1.29, 1.82) is 15.8 Å². The Morgan fingerprint density at radius 3 is 2.75 bits per heavy atom. The van der Waals surface area contributed by atoms with Crippen molar-refractivity contribution in [3.63, 3.8) is 0 Å². The standard InChI is InChI=1S/C9H6N6O/c10-1-2-13-9(16)5-15-6-14-7(3-11)8(15)4-12/h6H,2,5H2,(H,13,16). The molecule has 7 nitrogen and oxygen atoms in total. The molecule has 0 fully saturated rings. The van der Waals surface area contributed by atoms with Gasteiger partial charge in [0.25, 0.3) is 0 Å². The second kappa shape index (κ2) is 5.14. The number of rotatable bonds is 3. The van der Waals surface area contributed by atoms with Crippen LogP contribution in [0, 0.1) is 34.0 Å². The van der Waals surface area contributed by atoms with Crippen molar-refractivity contribution < 1.29 is 4.79 Å². The fraction of sp³-hybridized carbons (Fsp3) is 0.222. The summed E-state index contributed by atoms with van der Waals surface area (Å²) < 4.78 is 1.26. The molecule has 1 aromatic rings. The van der Waals surface area contributed by atoms with E-state index in [0.29, 0.717) is 0 Å². The summed E-state index contributed by atoms with van der Waals surface area (Å²) in [6.45, 7) is -0.236. The molecular weight excluding hydrogens is 208 g/mol. The number of carbonyl (C=O) groups is 1. The lowest BCUT2D eigenvalue weighted by molar-refractivity contribution is -0.121. The molecule has 0 spiro atoms. The van der Waals surface area contributed by atoms with Gasteiger partial charge in [-0.05, 0) is 0 Å². The van der Waals surface area contributed by atoms with E-state index in [-0.39, 0.29) is 24.5 Å². The van der Waals surface area contributed by atoms with Gasteiger partial charge in [-0.1, -0.05) is 0 Å². The summed E-state index contributed by atoms with van der Waals surface area (Å²) in [6, 6.07) is 5.29. The molecule has 1 aromatic heterocycles. The van der Waals surface area contributed by atoms with Crippen LogP contribution in [0.5, 0.6) is 0 Å². The molecule has 1 N–H and O–H groups in total. The first kappa shape index (κ1) is 11.2. The topological polar surface area (TPSA) is 118 Å². The van der Waals surface area contributed by atoms with Crippen molar-refractivity contribution in [2.24, 2.45) is 0 Å². The molecule has 7 heteroatoms. The van der Waals surface area contributed by atoms with E-state index >= 15 is 0 Å². The maximum atomic E-state index is 11.2. The SMILES string of the molecule is N#CCNC(=O)Cn1cnc(C#N)c1C#N. The molecule has 0 aliphatic carbocycles. The van der Waals surface area contributed by atoms with Gasteiger partial charge in [0.1, 0.15) is 25.2 Å². The van der Waals surface area contributed by atoms with Crippen molar-refractivity contribution in [2.75, 3.05) is 6.54 Å². The zero-order chi connectivity index (χ0) is 12.0. The summed E-state index contributed by atoms with van der Waals surface area (Å²) in [7, 11) is 0. The number of nitrogens with one attached hydrogen (secondary N) is 1. The van der Waals surface area contributed by atoms with Gasteiger partial charge in [0.2, 0.25) is 5.91 Å². The van der Waals surface area contributed by atoms with E-state index in [9.17, 15) is 4.79 Å². The Balaban J connectivity index is 2.80. The number of nitrogens with zero attached hydrogens (tertiary/aromatic N) is 5. The number of amides is 1. The van der Waals surface area contributed by atoms with Crippen molar-refractivity contribution in [2.45, 2.75) is 6.54 Å². The molecule has 0 bridgehead atoms. The fourth-order valence-corrected chi connectivity index (χ4v) is 1.05. The molecule has 78 valence electrons. The Bertz CT molecular complexity index is 524. The van der Waals surface area contributed by atoms with Gasteiger partial charge in [-0.3, -0.25) is 4.79 Å². The van der Waals surface area contributed by atoms with Crippen LogP contribution in [0.1, 0.15) is 11.4 Å². The van der Waals surface area contributed by atoms with Gasteiger partial charge in [0.05, 0.1) is 12.4 Å². The van der Waals surface area contributed by atoms with Crippen LogP contribution in [0.2, 0.25) is 0 Å². The van der Waals surface area contributed by atoms with Gasteiger partial charge in [-0.2, -0.15) is 15.8 Å². The predicted molar refractivity (Wildman–Crippen MR) is 50.3 cm³/mol. The molecule has 0 radical (unpaired) electrons. The van der Waals surface area contributed by atoms with Gasteiger partial charge in [-0.15, -0.1) is 0 Å². The number of hydrogen-bond acceptors (Lipinski definition) is 5. The van der Waals surface area contributed by atoms with Gasteiger partial charge in [-0.25, -0.2) is 4.98 Å². The highest BCUT2D eigenvalue weighted by Gasteiger charge is 2.12. The number of aromatic nitrogens is 2. The zero-order valence-electron chi connectivity index (χ0n) is 8.14. The normalized spacial score (nSPS) is 8.56. The van der Waals surface area contributed by atoms with Crippen LogP contribution in [0.3, 0.4) is 0 Å². The molecule has 0 aliphatic rings. The van der Waals surface area contributed by atoms with E-state index < -0.39 is 5.91 Å². The van der Waals surface area contributed by atoms with E-state index in [4.69, 9.17) is 15.8 Å². The minimum Gasteiger partial charge on any atom is -0.341 e. The Labute approximate surface area is 91.1 Å². The summed E-state index contributed by atoms with van der Waals surface area (Å²) in [5, 5.41) is 27.9. The zero-order valence-corrected chi connectivity index (χ0v) is 8.14. The molecule has 0 aliphatic heterocycles. The first-order chi connectivity index (χ1) is 7.72. The van der Waals surface area contributed by atoms with Crippen LogP contribution in [0.15, 0.2) is 6.33 Å². The molecule has 0 atom stereocenters. The smallest absolute Gasteiger partial charge is 0.240 e. The van der Waals surface area contributed by atoms with Crippen LogP contribution in [0.25, 0.3) is 0 Å². The lowest BCUT2D eigenvalue weighted by atomic mass is 10.3. The minimum absolute atomic E-state index is 0.0180. The first-order valence-corrected chi connectivity index (χ1v) is 4.22. The maximum absolute atomic E-state index is 11.2. The minimum atomic E-state index is -0.417. The van der Waals surface area contributed by atoms with E-state index in [1.807, 2.05) is 0 Å². The average Bonchev–Trinajstić information content (AvgIpc) is 2.68. The number of hydrogen-bond donors (Lipinski definition) is 1. The Kier molecular flexibility index (Phi) is 3.60. The lowest BCUT2D eigenvalue weighted by Gasteiger charge is -2.02. The van der Waals surface area contributed by atoms with Crippen LogP contribution in [0.4, 0.5) is 0 Å². The highest BCUT2D eigenvalue weighted by Crippen LogP contribution is 2.04. The highest BCUT2D eigenvalue weighted by atomic mass is 16.1. The Morgan fingerprint density at radius 2 is 2.19 bits per heavy atom. The van der Waals surface area contributed by atoms with Gasteiger partial charge in [0, 0.05) is 0 Å². The quantitative estimate of drug-likeness (QED) is 0.665. The van der Waals surface area contributed by atoms with Crippen LogP contribution < -0.4 is 5.32 Å². The highest BCUT2D eigenvalue weighted by molar-refractivity contribution is 5.76. The van der Waals surface area contributed by atoms with Crippen molar-refractivity contribution in [1.82, 2.24) is 14.9 Å². The Morgan fingerprint density at radius 1 is 1.44 bits per heavy atom. The number of imidazole rings is 1. The van der Waals surface area contributed by atoms with Gasteiger partial charge >= 0.3 is 0 Å². The molecule has 1 heterocycles. The second-order valence-corrected chi connectivity index (χ2v) is 2.73. The Hall–Kier alpha value is -2.85. The summed E-state index contributed by atoms with van der Waals surface area (Å²) in [5.41, 5.74) is 0.0187. The average molecular weight is 214 g/mol. The molecule has 0 saturated carbocycles. The van der Waals surface area contributed by atoms with Crippen molar-refractivity contribution in [3.8, 4) is 18.2 Å². The van der Waals surface area contributed by atoms with Crippen LogP contribution in [-0.4, -0.2) is 22.0 Å². The van der Waals surface area contributed by atoms with Crippen LogP contribution >= 0.6 is 0 Å². The summed E-state index contributed by atoms with van der Waals surface area (Å²) in [6.07, 6.45) is 1.24. The van der Waals surface area contributed by atoms with Gasteiger partial charge in [0.15, 0.2) is 11.4 Å². The summed E-state index contributed by atoms with van der Waals surface area (Å²) in [5.74, 6) is -0.417. The second-order valence-electron chi connectivity index (χ2n) is 2.73. The molecular formula is C9H6N6O. The van der Waals surface area contributed by atoms with Gasteiger partial charge < -0.3 is 9.88 Å². The van der Waals surface area contributed by atoms with Crippen molar-refractivity contribution >= 4 is 5.91 Å². The van der Waals surface area contributed by atoms with E-state index in [1.165, 1.54) is 10.9 Å². The molecule has 0 saturated heterocycles. The predicted octanol–water partition coefficient (Wildman–Crippen LogP) is -0.734. The fourth-order valence-electron chi connectivity index (χ4n) is 1.05. The van der Waals surface area contributed by atoms with E-state index in [0.717, 1.165) is 0 Å². The number of nitriles is 3. The molecule has 0 unspecified atom stereocenters. The first-order valence-electron chi connectivity index (χ1n) is 4.22. The largest absolute Gasteiger partial charge is 0.341 e. The summed E-state index contributed by atoms with van der Waals surface area (Å²) in [4.78, 5) is 14.9. The maximum Gasteiger partial charge on any atom is 0.240 e. The third-order valence-electron chi connectivity index (χ3n) is 1.73. The third kappa shape index (κ3) is 2.34. The van der Waals surface area contributed by atoms with E-state index in [1.54, 1.807) is 18.2 Å². The van der Waals surface area contributed by atoms with E-state index in [2.05, 4.69) is 10.3 Å². The third-order valence-corrected chi connectivity index (χ3v) is 1.73. The lowest BCUT2D eigenvalue weighted by Crippen LogP contribution is -2.27. The molecule has 1 amide bonds. The van der Waals surface area contributed by atoms with Crippen molar-refractivity contribution in [3.05, 3.63) is 17.7 Å². The monoisotopic (exact) mass is 214 g/mol. The number of carbonyl (C=O) groups excluding carboxylic acids is 1. The molecule has 0 aromatic carbocycles. The van der Waals surface area contributed by atoms with Crippen LogP contribution in [-0.2, 0) is 11.3 Å². The summed E-state index contributed by atoms with van der Waals surface area (Å²) >= 11 is 0.